The Morgan fingerprint density at radius 1 is 1.13 bits per heavy atom. The Morgan fingerprint density at radius 3 is 2.58 bits per heavy atom. The van der Waals surface area contributed by atoms with Crippen molar-refractivity contribution in [3.05, 3.63) is 53.6 Å². The molecule has 0 fully saturated rings. The maximum atomic E-state index is 10.5. The monoisotopic (exact) mass is 540 g/mol. The van der Waals surface area contributed by atoms with Crippen LogP contribution in [-0.4, -0.2) is 62.5 Å². The van der Waals surface area contributed by atoms with Gasteiger partial charge in [0.25, 0.3) is 0 Å². The molecule has 1 heterocycles. The summed E-state index contributed by atoms with van der Waals surface area (Å²) in [5, 5.41) is 17.0. The van der Waals surface area contributed by atoms with Crippen molar-refractivity contribution in [2.75, 3.05) is 45.7 Å². The first-order valence-corrected chi connectivity index (χ1v) is 10.4. The first-order chi connectivity index (χ1) is 14.6. The molecular weight excluding hydrogens is 507 g/mol. The predicted octanol–water partition coefficient (Wildman–Crippen LogP) is 3.12. The lowest BCUT2D eigenvalue weighted by Crippen LogP contribution is -2.38. The van der Waals surface area contributed by atoms with Crippen molar-refractivity contribution in [2.45, 2.75) is 26.0 Å². The third-order valence-corrected chi connectivity index (χ3v) is 5.13. The van der Waals surface area contributed by atoms with E-state index in [9.17, 15) is 5.11 Å². The fourth-order valence-corrected chi connectivity index (χ4v) is 3.62. The van der Waals surface area contributed by atoms with Crippen LogP contribution >= 0.6 is 24.0 Å². The van der Waals surface area contributed by atoms with Crippen molar-refractivity contribution in [1.82, 2.24) is 10.2 Å². The largest absolute Gasteiger partial charge is 0.493 e. The van der Waals surface area contributed by atoms with Gasteiger partial charge in [-0.05, 0) is 36.6 Å². The van der Waals surface area contributed by atoms with Crippen LogP contribution in [0.25, 0.3) is 0 Å². The van der Waals surface area contributed by atoms with E-state index in [1.54, 1.807) is 14.2 Å². The lowest BCUT2D eigenvalue weighted by atomic mass is 10.00. The highest BCUT2D eigenvalue weighted by molar-refractivity contribution is 14.0. The van der Waals surface area contributed by atoms with Crippen LogP contribution in [0.3, 0.4) is 0 Å². The Hall–Kier alpha value is -2.04. The molecule has 0 radical (unpaired) electrons. The summed E-state index contributed by atoms with van der Waals surface area (Å²) in [6.45, 7) is 5.49. The van der Waals surface area contributed by atoms with Crippen LogP contribution in [0.1, 0.15) is 18.1 Å². The standard InChI is InChI=1S/C23H32N4O3.HI/c1-4-24-23(26-19-9-10-21(29-2)22(13-19)30-3)25-14-20(28)16-27-12-11-17-7-5-6-8-18(17)15-27;/h5-10,13,20,28H,4,11-12,14-16H2,1-3H3,(H2,24,25,26);1H. The highest BCUT2D eigenvalue weighted by Crippen LogP contribution is 2.29. The molecule has 0 bridgehead atoms. The zero-order chi connectivity index (χ0) is 21.3. The molecule has 1 aliphatic heterocycles. The third kappa shape index (κ3) is 7.26. The van der Waals surface area contributed by atoms with Gasteiger partial charge in [-0.1, -0.05) is 24.3 Å². The van der Waals surface area contributed by atoms with Crippen LogP contribution < -0.4 is 20.1 Å². The number of β-amino-alcohol motifs (C(OH)–C–C–N with tert-alkyl or cyclic N) is 1. The maximum absolute atomic E-state index is 10.5. The number of guanidine groups is 1. The Kier molecular flexibility index (Phi) is 10.4. The van der Waals surface area contributed by atoms with Crippen LogP contribution in [0.5, 0.6) is 11.5 Å². The molecular formula is C23H33IN4O3. The first kappa shape index (κ1) is 25.2. The van der Waals surface area contributed by atoms with Gasteiger partial charge in [0.05, 0.1) is 26.9 Å². The number of ether oxygens (including phenoxy) is 2. The van der Waals surface area contributed by atoms with Gasteiger partial charge in [0.2, 0.25) is 0 Å². The van der Waals surface area contributed by atoms with Crippen LogP contribution in [0.15, 0.2) is 47.5 Å². The number of halogens is 1. The molecule has 3 N–H and O–H groups in total. The summed E-state index contributed by atoms with van der Waals surface area (Å²) < 4.78 is 10.6. The zero-order valence-electron chi connectivity index (χ0n) is 18.4. The van der Waals surface area contributed by atoms with E-state index in [1.807, 2.05) is 25.1 Å². The van der Waals surface area contributed by atoms with Gasteiger partial charge < -0.3 is 25.2 Å². The Bertz CT molecular complexity index is 862. The number of aliphatic hydroxyl groups excluding tert-OH is 1. The number of nitrogens with zero attached hydrogens (tertiary/aromatic N) is 2. The molecule has 0 saturated carbocycles. The molecule has 0 amide bonds. The van der Waals surface area contributed by atoms with Gasteiger partial charge in [0, 0.05) is 37.9 Å². The van der Waals surface area contributed by atoms with E-state index >= 15 is 0 Å². The summed E-state index contributed by atoms with van der Waals surface area (Å²) in [4.78, 5) is 6.85. The van der Waals surface area contributed by atoms with E-state index in [4.69, 9.17) is 9.47 Å². The van der Waals surface area contributed by atoms with Crippen LogP contribution in [0, 0.1) is 0 Å². The fourth-order valence-electron chi connectivity index (χ4n) is 3.62. The smallest absolute Gasteiger partial charge is 0.195 e. The van der Waals surface area contributed by atoms with Gasteiger partial charge >= 0.3 is 0 Å². The lowest BCUT2D eigenvalue weighted by Gasteiger charge is -2.30. The SMILES string of the molecule is CCNC(=NCC(O)CN1CCc2ccccc2C1)Nc1ccc(OC)c(OC)c1.I. The minimum Gasteiger partial charge on any atom is -0.493 e. The second kappa shape index (κ2) is 12.7. The molecule has 2 aromatic carbocycles. The van der Waals surface area contributed by atoms with Gasteiger partial charge in [-0.25, -0.2) is 0 Å². The average molecular weight is 540 g/mol. The number of hydrogen-bond acceptors (Lipinski definition) is 5. The number of benzene rings is 2. The van der Waals surface area contributed by atoms with Crippen molar-refractivity contribution in [3.63, 3.8) is 0 Å². The molecule has 1 unspecified atom stereocenters. The summed E-state index contributed by atoms with van der Waals surface area (Å²) in [7, 11) is 3.22. The number of hydrogen-bond donors (Lipinski definition) is 3. The minimum absolute atomic E-state index is 0. The number of aliphatic imine (C=N–C) groups is 1. The molecule has 8 heteroatoms. The zero-order valence-corrected chi connectivity index (χ0v) is 20.8. The topological polar surface area (TPSA) is 78.4 Å². The Balaban J connectivity index is 0.00000341. The molecule has 31 heavy (non-hydrogen) atoms. The average Bonchev–Trinajstić information content (AvgIpc) is 2.77. The predicted molar refractivity (Wildman–Crippen MR) is 136 cm³/mol. The second-order valence-corrected chi connectivity index (χ2v) is 7.32. The van der Waals surface area contributed by atoms with Crippen molar-refractivity contribution >= 4 is 35.6 Å². The Morgan fingerprint density at radius 2 is 1.87 bits per heavy atom. The number of fused-ring (bicyclic) bond motifs is 1. The minimum atomic E-state index is -0.531. The number of methoxy groups -OCH3 is 2. The van der Waals surface area contributed by atoms with Crippen LogP contribution in [-0.2, 0) is 13.0 Å². The molecule has 7 nitrogen and oxygen atoms in total. The third-order valence-electron chi connectivity index (χ3n) is 5.13. The van der Waals surface area contributed by atoms with Crippen molar-refractivity contribution in [1.29, 1.82) is 0 Å². The van der Waals surface area contributed by atoms with E-state index in [0.717, 1.165) is 31.7 Å². The van der Waals surface area contributed by atoms with E-state index in [1.165, 1.54) is 11.1 Å². The first-order valence-electron chi connectivity index (χ1n) is 10.4. The van der Waals surface area contributed by atoms with Crippen LogP contribution in [0.4, 0.5) is 5.69 Å². The summed E-state index contributed by atoms with van der Waals surface area (Å²) in [5.41, 5.74) is 3.59. The van der Waals surface area contributed by atoms with E-state index in [-0.39, 0.29) is 24.0 Å². The van der Waals surface area contributed by atoms with E-state index in [0.29, 0.717) is 30.5 Å². The van der Waals surface area contributed by atoms with E-state index < -0.39 is 6.10 Å². The molecule has 170 valence electrons. The number of rotatable bonds is 8. The summed E-state index contributed by atoms with van der Waals surface area (Å²) >= 11 is 0. The molecule has 0 saturated heterocycles. The van der Waals surface area contributed by atoms with Crippen molar-refractivity contribution < 1.29 is 14.6 Å². The number of anilines is 1. The van der Waals surface area contributed by atoms with Gasteiger partial charge in [0.1, 0.15) is 0 Å². The quantitative estimate of drug-likeness (QED) is 0.272. The highest BCUT2D eigenvalue weighted by atomic mass is 127. The van der Waals surface area contributed by atoms with Crippen molar-refractivity contribution in [2.24, 2.45) is 4.99 Å². The van der Waals surface area contributed by atoms with Gasteiger partial charge in [0.15, 0.2) is 17.5 Å². The number of aliphatic hydroxyl groups is 1. The maximum Gasteiger partial charge on any atom is 0.195 e. The molecule has 0 aliphatic carbocycles. The summed E-state index contributed by atoms with van der Waals surface area (Å²) in [6, 6.07) is 14.1. The lowest BCUT2D eigenvalue weighted by molar-refractivity contribution is 0.112. The highest BCUT2D eigenvalue weighted by Gasteiger charge is 2.18. The van der Waals surface area contributed by atoms with E-state index in [2.05, 4.69) is 44.8 Å². The molecule has 2 aromatic rings. The fraction of sp³-hybridized carbons (Fsp3) is 0.435. The molecule has 1 atom stereocenters. The van der Waals surface area contributed by atoms with Crippen LogP contribution in [0.2, 0.25) is 0 Å². The van der Waals surface area contributed by atoms with Crippen molar-refractivity contribution in [3.8, 4) is 11.5 Å². The number of nitrogens with one attached hydrogen (secondary N) is 2. The van der Waals surface area contributed by atoms with Gasteiger partial charge in [-0.15, -0.1) is 24.0 Å². The van der Waals surface area contributed by atoms with Gasteiger partial charge in [-0.2, -0.15) is 0 Å². The molecule has 3 rings (SSSR count). The normalized spacial score (nSPS) is 14.8. The second-order valence-electron chi connectivity index (χ2n) is 7.32. The molecule has 1 aliphatic rings. The summed E-state index contributed by atoms with van der Waals surface area (Å²) in [6.07, 6.45) is 0.492. The van der Waals surface area contributed by atoms with Gasteiger partial charge in [-0.3, -0.25) is 9.89 Å². The summed E-state index contributed by atoms with van der Waals surface area (Å²) in [5.74, 6) is 1.93. The molecule has 0 spiro atoms. The molecule has 0 aromatic heterocycles. The Labute approximate surface area is 201 Å².